The average Bonchev–Trinajstić information content (AvgIpc) is 2.40. The lowest BCUT2D eigenvalue weighted by Crippen LogP contribution is -2.46. The van der Waals surface area contributed by atoms with Crippen molar-refractivity contribution in [2.75, 3.05) is 51.3 Å². The molecule has 0 unspecified atom stereocenters. The molecule has 18 heavy (non-hydrogen) atoms. The Hall–Kier alpha value is -0.770. The zero-order valence-electron chi connectivity index (χ0n) is 10.9. The predicted octanol–water partition coefficient (Wildman–Crippen LogP) is 2.50. The molecule has 0 atom stereocenters. The maximum Gasteiger partial charge on any atom is 0.0474 e. The molecular formula is C14H21ClN2O. The number of anilines is 1. The van der Waals surface area contributed by atoms with Crippen LogP contribution < -0.4 is 4.90 Å². The van der Waals surface area contributed by atoms with Gasteiger partial charge in [0.15, 0.2) is 0 Å². The highest BCUT2D eigenvalue weighted by Crippen LogP contribution is 2.20. The van der Waals surface area contributed by atoms with Gasteiger partial charge in [-0.25, -0.2) is 0 Å². The van der Waals surface area contributed by atoms with E-state index in [1.807, 2.05) is 18.2 Å². The van der Waals surface area contributed by atoms with Gasteiger partial charge in [-0.05, 0) is 24.6 Å². The van der Waals surface area contributed by atoms with Gasteiger partial charge in [-0.1, -0.05) is 17.7 Å². The minimum Gasteiger partial charge on any atom is -0.385 e. The van der Waals surface area contributed by atoms with E-state index in [4.69, 9.17) is 16.3 Å². The first-order valence-corrected chi connectivity index (χ1v) is 6.89. The van der Waals surface area contributed by atoms with Crippen molar-refractivity contribution in [3.8, 4) is 0 Å². The van der Waals surface area contributed by atoms with Crippen LogP contribution in [0.2, 0.25) is 5.02 Å². The number of benzene rings is 1. The summed E-state index contributed by atoms with van der Waals surface area (Å²) in [4.78, 5) is 4.90. The number of nitrogens with zero attached hydrogens (tertiary/aromatic N) is 2. The van der Waals surface area contributed by atoms with Gasteiger partial charge in [-0.3, -0.25) is 4.90 Å². The zero-order valence-corrected chi connectivity index (χ0v) is 11.7. The van der Waals surface area contributed by atoms with E-state index in [1.54, 1.807) is 7.11 Å². The fraction of sp³-hybridized carbons (Fsp3) is 0.571. The van der Waals surface area contributed by atoms with E-state index in [0.29, 0.717) is 0 Å². The van der Waals surface area contributed by atoms with Crippen LogP contribution in [0.3, 0.4) is 0 Å². The highest BCUT2D eigenvalue weighted by atomic mass is 35.5. The number of methoxy groups -OCH3 is 1. The largest absolute Gasteiger partial charge is 0.385 e. The van der Waals surface area contributed by atoms with Crippen LogP contribution >= 0.6 is 11.6 Å². The second kappa shape index (κ2) is 6.98. The molecule has 1 aromatic carbocycles. The lowest BCUT2D eigenvalue weighted by atomic mass is 10.2. The molecule has 0 bridgehead atoms. The van der Waals surface area contributed by atoms with Crippen LogP contribution in [0.1, 0.15) is 6.42 Å². The summed E-state index contributed by atoms with van der Waals surface area (Å²) in [5.74, 6) is 0. The van der Waals surface area contributed by atoms with Crippen molar-refractivity contribution in [3.63, 3.8) is 0 Å². The summed E-state index contributed by atoms with van der Waals surface area (Å²) in [7, 11) is 1.76. The third kappa shape index (κ3) is 3.87. The number of hydrogen-bond acceptors (Lipinski definition) is 3. The van der Waals surface area contributed by atoms with Gasteiger partial charge in [0, 0.05) is 57.2 Å². The van der Waals surface area contributed by atoms with Crippen LogP contribution in [0.25, 0.3) is 0 Å². The number of ether oxygens (including phenoxy) is 1. The summed E-state index contributed by atoms with van der Waals surface area (Å²) in [5, 5.41) is 0.815. The van der Waals surface area contributed by atoms with E-state index in [9.17, 15) is 0 Å². The van der Waals surface area contributed by atoms with Crippen LogP contribution in [0, 0.1) is 0 Å². The van der Waals surface area contributed by atoms with Crippen LogP contribution in [0.15, 0.2) is 24.3 Å². The maximum atomic E-state index is 6.03. The van der Waals surface area contributed by atoms with E-state index >= 15 is 0 Å². The summed E-state index contributed by atoms with van der Waals surface area (Å²) >= 11 is 6.03. The Morgan fingerprint density at radius 3 is 2.67 bits per heavy atom. The maximum absolute atomic E-state index is 6.03. The summed E-state index contributed by atoms with van der Waals surface area (Å²) < 4.78 is 5.08. The number of hydrogen-bond donors (Lipinski definition) is 0. The van der Waals surface area contributed by atoms with Crippen molar-refractivity contribution in [2.45, 2.75) is 6.42 Å². The molecule has 1 heterocycles. The first-order chi connectivity index (χ1) is 8.79. The molecule has 0 N–H and O–H groups in total. The SMILES string of the molecule is COCCCN1CCN(c2cccc(Cl)c2)CC1. The highest BCUT2D eigenvalue weighted by Gasteiger charge is 2.16. The van der Waals surface area contributed by atoms with Crippen LogP contribution in [0.4, 0.5) is 5.69 Å². The molecule has 0 aromatic heterocycles. The van der Waals surface area contributed by atoms with Crippen molar-refractivity contribution >= 4 is 17.3 Å². The molecule has 1 aliphatic heterocycles. The fourth-order valence-corrected chi connectivity index (χ4v) is 2.52. The Morgan fingerprint density at radius 1 is 1.22 bits per heavy atom. The highest BCUT2D eigenvalue weighted by molar-refractivity contribution is 6.30. The summed E-state index contributed by atoms with van der Waals surface area (Å²) in [5.41, 5.74) is 1.24. The van der Waals surface area contributed by atoms with Crippen LogP contribution in [-0.2, 0) is 4.74 Å². The van der Waals surface area contributed by atoms with Crippen molar-refractivity contribution in [2.24, 2.45) is 0 Å². The molecular weight excluding hydrogens is 248 g/mol. The van der Waals surface area contributed by atoms with Gasteiger partial charge in [0.2, 0.25) is 0 Å². The Balaban J connectivity index is 1.79. The predicted molar refractivity (Wildman–Crippen MR) is 76.6 cm³/mol. The van der Waals surface area contributed by atoms with Gasteiger partial charge in [-0.15, -0.1) is 0 Å². The molecule has 0 saturated carbocycles. The second-order valence-corrected chi connectivity index (χ2v) is 5.09. The molecule has 0 aliphatic carbocycles. The van der Waals surface area contributed by atoms with Gasteiger partial charge in [-0.2, -0.15) is 0 Å². The molecule has 2 rings (SSSR count). The smallest absolute Gasteiger partial charge is 0.0474 e. The quantitative estimate of drug-likeness (QED) is 0.763. The molecule has 1 saturated heterocycles. The average molecular weight is 269 g/mol. The standard InChI is InChI=1S/C14H21ClN2O/c1-18-11-3-6-16-7-9-17(10-8-16)14-5-2-4-13(15)12-14/h2,4-5,12H,3,6-11H2,1H3. The van der Waals surface area contributed by atoms with E-state index in [2.05, 4.69) is 15.9 Å². The van der Waals surface area contributed by atoms with E-state index in [0.717, 1.165) is 50.8 Å². The molecule has 100 valence electrons. The number of halogens is 1. The Kier molecular flexibility index (Phi) is 5.29. The first kappa shape index (κ1) is 13.7. The molecule has 4 heteroatoms. The first-order valence-electron chi connectivity index (χ1n) is 6.51. The lowest BCUT2D eigenvalue weighted by molar-refractivity contribution is 0.169. The summed E-state index contributed by atoms with van der Waals surface area (Å²) in [6, 6.07) is 8.11. The summed E-state index contributed by atoms with van der Waals surface area (Å²) in [6.07, 6.45) is 1.12. The molecule has 0 radical (unpaired) electrons. The van der Waals surface area contributed by atoms with Gasteiger partial charge in [0.05, 0.1) is 0 Å². The molecule has 1 fully saturated rings. The lowest BCUT2D eigenvalue weighted by Gasteiger charge is -2.36. The molecule has 0 amide bonds. The van der Waals surface area contributed by atoms with Gasteiger partial charge < -0.3 is 9.64 Å². The fourth-order valence-electron chi connectivity index (χ4n) is 2.33. The summed E-state index contributed by atoms with van der Waals surface area (Å²) in [6.45, 7) is 6.39. The topological polar surface area (TPSA) is 15.7 Å². The number of rotatable bonds is 5. The third-order valence-corrected chi connectivity index (χ3v) is 3.60. The Bertz CT molecular complexity index is 365. The molecule has 1 aliphatic rings. The van der Waals surface area contributed by atoms with Crippen LogP contribution in [-0.4, -0.2) is 51.3 Å². The molecule has 0 spiro atoms. The normalized spacial score (nSPS) is 17.1. The monoisotopic (exact) mass is 268 g/mol. The Labute approximate surface area is 114 Å². The van der Waals surface area contributed by atoms with Crippen molar-refractivity contribution < 1.29 is 4.74 Å². The second-order valence-electron chi connectivity index (χ2n) is 4.65. The van der Waals surface area contributed by atoms with Gasteiger partial charge >= 0.3 is 0 Å². The Morgan fingerprint density at radius 2 is 2.00 bits per heavy atom. The number of piperazine rings is 1. The van der Waals surface area contributed by atoms with E-state index in [-0.39, 0.29) is 0 Å². The van der Waals surface area contributed by atoms with Gasteiger partial charge in [0.25, 0.3) is 0 Å². The molecule has 3 nitrogen and oxygen atoms in total. The van der Waals surface area contributed by atoms with Crippen molar-refractivity contribution in [3.05, 3.63) is 29.3 Å². The van der Waals surface area contributed by atoms with E-state index in [1.165, 1.54) is 5.69 Å². The minimum absolute atomic E-state index is 0.815. The van der Waals surface area contributed by atoms with Gasteiger partial charge in [0.1, 0.15) is 0 Å². The third-order valence-electron chi connectivity index (χ3n) is 3.37. The van der Waals surface area contributed by atoms with Crippen molar-refractivity contribution in [1.29, 1.82) is 0 Å². The van der Waals surface area contributed by atoms with Crippen molar-refractivity contribution in [1.82, 2.24) is 4.90 Å². The van der Waals surface area contributed by atoms with E-state index < -0.39 is 0 Å². The minimum atomic E-state index is 0.815. The zero-order chi connectivity index (χ0) is 12.8. The molecule has 1 aromatic rings. The van der Waals surface area contributed by atoms with Crippen LogP contribution in [0.5, 0.6) is 0 Å².